The van der Waals surface area contributed by atoms with Crippen molar-refractivity contribution in [1.29, 1.82) is 0 Å². The lowest BCUT2D eigenvalue weighted by molar-refractivity contribution is 1.01. The number of pyridine rings is 1. The molecule has 31 heavy (non-hydrogen) atoms. The van der Waals surface area contributed by atoms with Crippen LogP contribution in [0.25, 0.3) is 50.2 Å². The largest absolute Gasteiger partial charge is 0.213 e. The van der Waals surface area contributed by atoms with Gasteiger partial charge in [-0.25, -0.2) is 9.50 Å². The Balaban J connectivity index is 1.58. The molecular formula is C28H19N3. The minimum absolute atomic E-state index is 0.728. The molecule has 3 heteroatoms. The Morgan fingerprint density at radius 1 is 0.484 bits per heavy atom. The van der Waals surface area contributed by atoms with Crippen LogP contribution in [0.2, 0.25) is 0 Å². The van der Waals surface area contributed by atoms with Gasteiger partial charge >= 0.3 is 0 Å². The van der Waals surface area contributed by atoms with E-state index in [-0.39, 0.29) is 0 Å². The van der Waals surface area contributed by atoms with E-state index in [0.717, 1.165) is 39.1 Å². The number of fused-ring (bicyclic) bond motifs is 3. The quantitative estimate of drug-likeness (QED) is 0.326. The highest BCUT2D eigenvalue weighted by molar-refractivity contribution is 5.83. The highest BCUT2D eigenvalue weighted by atomic mass is 15.3. The first kappa shape index (κ1) is 17.6. The molecule has 2 heterocycles. The maximum absolute atomic E-state index is 4.89. The van der Waals surface area contributed by atoms with Gasteiger partial charge in [-0.3, -0.25) is 0 Å². The summed E-state index contributed by atoms with van der Waals surface area (Å²) in [6, 6.07) is 39.9. The number of rotatable bonds is 3. The van der Waals surface area contributed by atoms with Gasteiger partial charge in [-0.05, 0) is 58.7 Å². The van der Waals surface area contributed by atoms with Crippen LogP contribution in [0.1, 0.15) is 0 Å². The molecule has 0 N–H and O–H groups in total. The van der Waals surface area contributed by atoms with E-state index in [1.165, 1.54) is 11.1 Å². The highest BCUT2D eigenvalue weighted by Gasteiger charge is 2.12. The molecule has 0 atom stereocenters. The molecule has 6 rings (SSSR count). The third-order valence-corrected chi connectivity index (χ3v) is 5.61. The molecule has 4 aromatic carbocycles. The number of benzene rings is 4. The minimum atomic E-state index is 0.728. The Labute approximate surface area is 180 Å². The molecule has 0 fully saturated rings. The van der Waals surface area contributed by atoms with Crippen molar-refractivity contribution < 1.29 is 0 Å². The number of hydrogen-bond acceptors (Lipinski definition) is 2. The highest BCUT2D eigenvalue weighted by Crippen LogP contribution is 2.32. The lowest BCUT2D eigenvalue weighted by atomic mass is 9.96. The van der Waals surface area contributed by atoms with Gasteiger partial charge in [-0.2, -0.15) is 0 Å². The van der Waals surface area contributed by atoms with Crippen LogP contribution in [0.5, 0.6) is 0 Å². The normalized spacial score (nSPS) is 11.2. The summed E-state index contributed by atoms with van der Waals surface area (Å²) in [6.45, 7) is 0. The summed E-state index contributed by atoms with van der Waals surface area (Å²) in [5, 5.41) is 6.03. The topological polar surface area (TPSA) is 30.2 Å². The Bertz CT molecular complexity index is 1460. The maximum atomic E-state index is 4.89. The van der Waals surface area contributed by atoms with E-state index in [0.29, 0.717) is 0 Å². The summed E-state index contributed by atoms with van der Waals surface area (Å²) < 4.78 is 1.93. The van der Waals surface area contributed by atoms with Crippen molar-refractivity contribution in [1.82, 2.24) is 14.6 Å². The van der Waals surface area contributed by atoms with E-state index in [9.17, 15) is 0 Å². The van der Waals surface area contributed by atoms with E-state index in [1.807, 2.05) is 34.8 Å². The van der Waals surface area contributed by atoms with Gasteiger partial charge in [0.05, 0.1) is 5.52 Å². The van der Waals surface area contributed by atoms with E-state index in [1.54, 1.807) is 0 Å². The first-order valence-electron chi connectivity index (χ1n) is 10.4. The lowest BCUT2D eigenvalue weighted by Crippen LogP contribution is -1.90. The molecule has 0 bridgehead atoms. The van der Waals surface area contributed by atoms with Gasteiger partial charge in [0.25, 0.3) is 0 Å². The molecule has 0 radical (unpaired) electrons. The lowest BCUT2D eigenvalue weighted by Gasteiger charge is -2.09. The average Bonchev–Trinajstić information content (AvgIpc) is 3.30. The van der Waals surface area contributed by atoms with Gasteiger partial charge < -0.3 is 0 Å². The van der Waals surface area contributed by atoms with E-state index < -0.39 is 0 Å². The molecule has 0 aliphatic heterocycles. The van der Waals surface area contributed by atoms with Crippen molar-refractivity contribution in [3.63, 3.8) is 0 Å². The van der Waals surface area contributed by atoms with E-state index in [4.69, 9.17) is 10.1 Å². The van der Waals surface area contributed by atoms with Crippen LogP contribution in [0, 0.1) is 0 Å². The minimum Gasteiger partial charge on any atom is -0.213 e. The maximum Gasteiger partial charge on any atom is 0.182 e. The zero-order valence-corrected chi connectivity index (χ0v) is 16.8. The molecule has 3 nitrogen and oxygen atoms in total. The Hall–Kier alpha value is -4.24. The van der Waals surface area contributed by atoms with Gasteiger partial charge in [0.15, 0.2) is 11.5 Å². The van der Waals surface area contributed by atoms with Crippen molar-refractivity contribution in [2.24, 2.45) is 0 Å². The molecule has 0 aliphatic rings. The van der Waals surface area contributed by atoms with Crippen molar-refractivity contribution in [2.45, 2.75) is 0 Å². The summed E-state index contributed by atoms with van der Waals surface area (Å²) in [7, 11) is 0. The predicted molar refractivity (Wildman–Crippen MR) is 127 cm³/mol. The summed E-state index contributed by atoms with van der Waals surface area (Å²) in [5.41, 5.74) is 7.57. The van der Waals surface area contributed by atoms with Crippen LogP contribution in [-0.4, -0.2) is 14.6 Å². The van der Waals surface area contributed by atoms with Crippen LogP contribution >= 0.6 is 0 Å². The van der Waals surface area contributed by atoms with Crippen molar-refractivity contribution in [2.75, 3.05) is 0 Å². The van der Waals surface area contributed by atoms with Crippen LogP contribution in [0.3, 0.4) is 0 Å². The zero-order valence-electron chi connectivity index (χ0n) is 16.8. The average molecular weight is 397 g/mol. The monoisotopic (exact) mass is 397 g/mol. The third kappa shape index (κ3) is 3.17. The van der Waals surface area contributed by atoms with Crippen LogP contribution in [0.15, 0.2) is 115 Å². The molecule has 0 amide bonds. The number of para-hydroxylation sites is 1. The second-order valence-electron chi connectivity index (χ2n) is 7.63. The molecule has 0 spiro atoms. The SMILES string of the molecule is c1ccc(-c2cc(-c3ccccc3)cc(-c3nc4ccc5ccccc5n4n3)c2)cc1. The Kier molecular flexibility index (Phi) is 4.10. The van der Waals surface area contributed by atoms with Gasteiger partial charge in [0, 0.05) is 10.9 Å². The Morgan fingerprint density at radius 2 is 1.06 bits per heavy atom. The van der Waals surface area contributed by atoms with Gasteiger partial charge in [-0.1, -0.05) is 78.9 Å². The predicted octanol–water partition coefficient (Wildman–Crippen LogP) is 6.88. The van der Waals surface area contributed by atoms with Crippen LogP contribution < -0.4 is 0 Å². The first-order valence-corrected chi connectivity index (χ1v) is 10.4. The summed E-state index contributed by atoms with van der Waals surface area (Å²) in [5.74, 6) is 0.728. The van der Waals surface area contributed by atoms with Crippen LogP contribution in [0.4, 0.5) is 0 Å². The van der Waals surface area contributed by atoms with E-state index >= 15 is 0 Å². The summed E-state index contributed by atoms with van der Waals surface area (Å²) >= 11 is 0. The third-order valence-electron chi connectivity index (χ3n) is 5.61. The second kappa shape index (κ2) is 7.22. The molecule has 2 aromatic heterocycles. The zero-order chi connectivity index (χ0) is 20.6. The van der Waals surface area contributed by atoms with Gasteiger partial charge in [0.1, 0.15) is 0 Å². The van der Waals surface area contributed by atoms with Crippen molar-refractivity contribution in [3.8, 4) is 33.6 Å². The molecule has 0 unspecified atom stereocenters. The Morgan fingerprint density at radius 3 is 1.74 bits per heavy atom. The molecule has 6 aromatic rings. The standard InChI is InChI=1S/C28H19N3/c1-3-9-20(10-4-1)23-17-24(21-11-5-2-6-12-21)19-25(18-23)28-29-27-16-15-22-13-7-8-14-26(22)31(27)30-28/h1-19H. The molecule has 0 saturated heterocycles. The molecule has 0 saturated carbocycles. The number of nitrogens with zero attached hydrogens (tertiary/aromatic N) is 3. The first-order chi connectivity index (χ1) is 15.3. The number of hydrogen-bond donors (Lipinski definition) is 0. The fourth-order valence-electron chi connectivity index (χ4n) is 4.07. The van der Waals surface area contributed by atoms with Gasteiger partial charge in [0.2, 0.25) is 0 Å². The molecule has 146 valence electrons. The molecular weight excluding hydrogens is 378 g/mol. The molecule has 0 aliphatic carbocycles. The fraction of sp³-hybridized carbons (Fsp3) is 0. The van der Waals surface area contributed by atoms with Crippen molar-refractivity contribution in [3.05, 3.63) is 115 Å². The second-order valence-corrected chi connectivity index (χ2v) is 7.63. The smallest absolute Gasteiger partial charge is 0.182 e. The number of aromatic nitrogens is 3. The van der Waals surface area contributed by atoms with Crippen molar-refractivity contribution >= 4 is 16.6 Å². The van der Waals surface area contributed by atoms with E-state index in [2.05, 4.69) is 84.9 Å². The summed E-state index contributed by atoms with van der Waals surface area (Å²) in [6.07, 6.45) is 0. The van der Waals surface area contributed by atoms with Gasteiger partial charge in [-0.15, -0.1) is 5.10 Å². The summed E-state index contributed by atoms with van der Waals surface area (Å²) in [4.78, 5) is 4.85. The fourth-order valence-corrected chi connectivity index (χ4v) is 4.07. The van der Waals surface area contributed by atoms with Crippen LogP contribution in [-0.2, 0) is 0 Å².